The fourth-order valence-corrected chi connectivity index (χ4v) is 11.2. The van der Waals surface area contributed by atoms with E-state index < -0.39 is 11.9 Å². The number of benzene rings is 3. The summed E-state index contributed by atoms with van der Waals surface area (Å²) in [5.74, 6) is -0.0879. The maximum atomic E-state index is 13.3. The summed E-state index contributed by atoms with van der Waals surface area (Å²) < 4.78 is 20.4. The molecule has 6 atom stereocenters. The molecule has 6 rings (SSSR count). The van der Waals surface area contributed by atoms with Crippen LogP contribution in [0.1, 0.15) is 133 Å². The first kappa shape index (κ1) is 48.4. The van der Waals surface area contributed by atoms with Gasteiger partial charge in [-0.05, 0) is 85.4 Å². The molecule has 1 aliphatic heterocycles. The quantitative estimate of drug-likeness (QED) is 0.0375. The first-order chi connectivity index (χ1) is 31.0. The van der Waals surface area contributed by atoms with Gasteiger partial charge in [-0.15, -0.1) is 18.3 Å². The lowest BCUT2D eigenvalue weighted by Crippen LogP contribution is -2.64. The minimum atomic E-state index is -1.11. The summed E-state index contributed by atoms with van der Waals surface area (Å²) in [7, 11) is 0. The van der Waals surface area contributed by atoms with E-state index in [0.29, 0.717) is 43.9 Å². The van der Waals surface area contributed by atoms with Gasteiger partial charge in [0.25, 0.3) is 0 Å². The zero-order valence-electron chi connectivity index (χ0n) is 37.6. The van der Waals surface area contributed by atoms with Crippen molar-refractivity contribution in [3.8, 4) is 11.5 Å². The highest BCUT2D eigenvalue weighted by atomic mass is 32.2. The number of nitrogens with zero attached hydrogens (tertiary/aromatic N) is 1. The average molecular weight is 881 g/mol. The molecule has 0 aromatic heterocycles. The Kier molecular flexibility index (Phi) is 20.0. The minimum Gasteiger partial charge on any atom is -0.460 e. The van der Waals surface area contributed by atoms with E-state index in [4.69, 9.17) is 24.2 Å². The first-order valence-electron chi connectivity index (χ1n) is 23.9. The van der Waals surface area contributed by atoms with Crippen LogP contribution in [0.5, 0.6) is 11.5 Å². The van der Waals surface area contributed by atoms with Crippen LogP contribution in [-0.2, 0) is 16.2 Å². The van der Waals surface area contributed by atoms with Gasteiger partial charge in [0.2, 0.25) is 5.79 Å². The van der Waals surface area contributed by atoms with Crippen LogP contribution in [0.2, 0.25) is 0 Å². The molecule has 342 valence electrons. The summed E-state index contributed by atoms with van der Waals surface area (Å²) in [6.07, 6.45) is 21.5. The second-order valence-electron chi connectivity index (χ2n) is 17.4. The predicted molar refractivity (Wildman–Crippen MR) is 254 cm³/mol. The molecular formula is C53H72N2O7S. The molecule has 1 fully saturated rings. The van der Waals surface area contributed by atoms with Gasteiger partial charge in [-0.2, -0.15) is 0 Å². The van der Waals surface area contributed by atoms with Crippen LogP contribution in [0.15, 0.2) is 113 Å². The van der Waals surface area contributed by atoms with E-state index in [1.807, 2.05) is 54.6 Å². The highest BCUT2D eigenvalue weighted by molar-refractivity contribution is 8.00. The van der Waals surface area contributed by atoms with Crippen molar-refractivity contribution in [2.45, 2.75) is 145 Å². The summed E-state index contributed by atoms with van der Waals surface area (Å²) in [5, 5.41) is 27.6. The van der Waals surface area contributed by atoms with Crippen LogP contribution >= 0.6 is 11.8 Å². The lowest BCUT2D eigenvalue weighted by Gasteiger charge is -2.58. The van der Waals surface area contributed by atoms with E-state index in [-0.39, 0.29) is 48.7 Å². The molecule has 0 bridgehead atoms. The summed E-state index contributed by atoms with van der Waals surface area (Å²) in [6, 6.07) is 26.2. The third-order valence-electron chi connectivity index (χ3n) is 12.9. The molecule has 3 aromatic rings. The number of nitrogens with one attached hydrogen (secondary N) is 1. The number of aliphatic hydroxyl groups excluding tert-OH is 2. The number of allylic oxidation sites excluding steroid dienone is 1. The zero-order valence-corrected chi connectivity index (χ0v) is 38.4. The van der Waals surface area contributed by atoms with Crippen LogP contribution in [0.4, 0.5) is 4.79 Å². The fourth-order valence-electron chi connectivity index (χ4n) is 9.86. The van der Waals surface area contributed by atoms with Crippen LogP contribution < -0.4 is 14.8 Å². The molecule has 1 saturated carbocycles. The third kappa shape index (κ3) is 13.5. The smallest absolute Gasteiger partial charge is 0.412 e. The van der Waals surface area contributed by atoms with Gasteiger partial charge in [0.1, 0.15) is 18.1 Å². The zero-order chi connectivity index (χ0) is 44.1. The molecule has 0 saturated heterocycles. The summed E-state index contributed by atoms with van der Waals surface area (Å²) in [6.45, 7) is 7.77. The summed E-state index contributed by atoms with van der Waals surface area (Å²) >= 11 is 1.73. The Balaban J connectivity index is 1.33. The van der Waals surface area contributed by atoms with Crippen LogP contribution in [0, 0.1) is 17.8 Å². The summed E-state index contributed by atoms with van der Waals surface area (Å²) in [4.78, 5) is 20.6. The molecule has 63 heavy (non-hydrogen) atoms. The Morgan fingerprint density at radius 3 is 2.25 bits per heavy atom. The van der Waals surface area contributed by atoms with E-state index in [2.05, 4.69) is 49.2 Å². The number of ether oxygens (including phenoxy) is 3. The van der Waals surface area contributed by atoms with Crippen molar-refractivity contribution >= 4 is 23.6 Å². The standard InChI is InChI=1S/C53H72N2O7S/c1-3-5-6-7-8-9-10-11-12-21-32-54-52(58)61-42-30-31-48-46(37-42)50-44(29-20-23-34-57)41(26-19-22-33-56)36-45-47(55-60-39-40-24-15-13-16-25-40)38-49(63-43-27-17-14-18-28-43)53(62-48,51(45)50)59-35-4-2/h4,13-18,24-25,27-28,30-31,36-37,41,44,49-51,56-57H,2-3,5-12,19-23,26,29,32-35,38-39H2,1H3,(H,54,58)/t41-,44+,49-,50+,51+,53+/m0/s1. The van der Waals surface area contributed by atoms with Crippen molar-refractivity contribution in [1.29, 1.82) is 0 Å². The van der Waals surface area contributed by atoms with Gasteiger partial charge in [0.05, 0.1) is 23.5 Å². The SMILES string of the molecule is C=CCO[C@@]12Oc3ccc(OC(=O)NCCCCCCCCCCCC)cc3[C@H]3[C@H](CCCCO)[C@@H](CCCCO)C=C(C(=NOCc4ccccc4)C[C@@H]1Sc1ccccc1)[C@H]32. The number of thioether (sulfide) groups is 1. The molecule has 0 spiro atoms. The minimum absolute atomic E-state index is 0.117. The van der Waals surface area contributed by atoms with Crippen LogP contribution in [-0.4, -0.2) is 59.4 Å². The second kappa shape index (κ2) is 26.0. The lowest BCUT2D eigenvalue weighted by atomic mass is 9.56. The number of carbonyl (C=O) groups is 1. The number of hydrogen-bond acceptors (Lipinski definition) is 9. The molecule has 3 N–H and O–H groups in total. The lowest BCUT2D eigenvalue weighted by molar-refractivity contribution is -0.223. The molecule has 1 heterocycles. The van der Waals surface area contributed by atoms with Crippen molar-refractivity contribution in [3.63, 3.8) is 0 Å². The van der Waals surface area contributed by atoms with Crippen LogP contribution in [0.25, 0.3) is 0 Å². The fraction of sp³-hybridized carbons (Fsp3) is 0.547. The number of aliphatic hydroxyl groups is 2. The molecule has 9 nitrogen and oxygen atoms in total. The predicted octanol–water partition coefficient (Wildman–Crippen LogP) is 12.3. The van der Waals surface area contributed by atoms with E-state index in [0.717, 1.165) is 65.8 Å². The molecule has 10 heteroatoms. The molecule has 3 aromatic carbocycles. The Morgan fingerprint density at radius 2 is 1.56 bits per heavy atom. The number of fused-ring (bicyclic) bond motifs is 2. The van der Waals surface area contributed by atoms with Gasteiger partial charge >= 0.3 is 6.09 Å². The Bertz CT molecular complexity index is 1890. The molecule has 3 aliphatic rings. The van der Waals surface area contributed by atoms with Gasteiger partial charge in [0, 0.05) is 42.6 Å². The highest BCUT2D eigenvalue weighted by Crippen LogP contribution is 2.63. The Labute approximate surface area is 381 Å². The van der Waals surface area contributed by atoms with Gasteiger partial charge in [0.15, 0.2) is 0 Å². The molecule has 2 aliphatic carbocycles. The number of unbranched alkanes of at least 4 members (excludes halogenated alkanes) is 11. The maximum absolute atomic E-state index is 13.3. The number of hydrogen-bond donors (Lipinski definition) is 3. The van der Waals surface area contributed by atoms with Gasteiger partial charge < -0.3 is 34.6 Å². The molecule has 0 radical (unpaired) electrons. The van der Waals surface area contributed by atoms with Crippen molar-refractivity contribution in [3.05, 3.63) is 114 Å². The third-order valence-corrected chi connectivity index (χ3v) is 14.2. The number of oxime groups is 1. The van der Waals surface area contributed by atoms with E-state index >= 15 is 0 Å². The van der Waals surface area contributed by atoms with E-state index in [1.165, 1.54) is 51.4 Å². The van der Waals surface area contributed by atoms with E-state index in [9.17, 15) is 15.0 Å². The van der Waals surface area contributed by atoms with Crippen molar-refractivity contribution in [1.82, 2.24) is 5.32 Å². The number of rotatable bonds is 28. The Morgan fingerprint density at radius 1 is 0.873 bits per heavy atom. The van der Waals surface area contributed by atoms with Crippen LogP contribution in [0.3, 0.4) is 0 Å². The van der Waals surface area contributed by atoms with Crippen molar-refractivity contribution < 1.29 is 34.1 Å². The molecular weight excluding hydrogens is 809 g/mol. The van der Waals surface area contributed by atoms with Gasteiger partial charge in [-0.1, -0.05) is 143 Å². The average Bonchev–Trinajstić information content (AvgIpc) is 3.30. The summed E-state index contributed by atoms with van der Waals surface area (Å²) in [5.41, 5.74) is 3.94. The molecule has 1 amide bonds. The monoisotopic (exact) mass is 881 g/mol. The largest absolute Gasteiger partial charge is 0.460 e. The highest BCUT2D eigenvalue weighted by Gasteiger charge is 2.64. The first-order valence-corrected chi connectivity index (χ1v) is 24.8. The van der Waals surface area contributed by atoms with Crippen molar-refractivity contribution in [2.24, 2.45) is 22.9 Å². The maximum Gasteiger partial charge on any atom is 0.412 e. The molecule has 0 unspecified atom stereocenters. The van der Waals surface area contributed by atoms with Gasteiger partial charge in [-0.25, -0.2) is 4.79 Å². The van der Waals surface area contributed by atoms with Crippen molar-refractivity contribution in [2.75, 3.05) is 26.4 Å². The number of carbonyl (C=O) groups excluding carboxylic acids is 1. The normalized spacial score (nSPS) is 22.9. The number of amides is 1. The van der Waals surface area contributed by atoms with E-state index in [1.54, 1.807) is 17.8 Å². The van der Waals surface area contributed by atoms with Gasteiger partial charge in [-0.3, -0.25) is 0 Å². The topological polar surface area (TPSA) is 119 Å². The second-order valence-corrected chi connectivity index (χ2v) is 18.7. The Hall–Kier alpha value is -4.09.